The van der Waals surface area contributed by atoms with Crippen molar-refractivity contribution in [2.24, 2.45) is 0 Å². The smallest absolute Gasteiger partial charge is 0.338 e. The van der Waals surface area contributed by atoms with Crippen molar-refractivity contribution in [3.8, 4) is 0 Å². The maximum atomic E-state index is 12.3. The first-order chi connectivity index (χ1) is 12.5. The molecule has 26 heavy (non-hydrogen) atoms. The van der Waals surface area contributed by atoms with E-state index >= 15 is 0 Å². The van der Waals surface area contributed by atoms with Crippen LogP contribution in [0.4, 0.5) is 5.69 Å². The molecule has 2 amide bonds. The van der Waals surface area contributed by atoms with E-state index in [1.54, 1.807) is 31.2 Å². The van der Waals surface area contributed by atoms with Crippen LogP contribution in [0.5, 0.6) is 0 Å². The van der Waals surface area contributed by atoms with Crippen LogP contribution in [0.3, 0.4) is 0 Å². The summed E-state index contributed by atoms with van der Waals surface area (Å²) >= 11 is 0. The summed E-state index contributed by atoms with van der Waals surface area (Å²) in [5, 5.41) is 5.44. The van der Waals surface area contributed by atoms with E-state index in [0.29, 0.717) is 30.0 Å². The number of aromatic nitrogens is 1. The number of hydrogen-bond acceptors (Lipinski definition) is 5. The van der Waals surface area contributed by atoms with Gasteiger partial charge >= 0.3 is 5.97 Å². The fourth-order valence-corrected chi connectivity index (χ4v) is 2.14. The fraction of sp³-hybridized carbons (Fsp3) is 0.263. The van der Waals surface area contributed by atoms with Gasteiger partial charge in [0.05, 0.1) is 23.3 Å². The first-order valence-electron chi connectivity index (χ1n) is 8.37. The summed E-state index contributed by atoms with van der Waals surface area (Å²) in [4.78, 5) is 39.9. The zero-order valence-electron chi connectivity index (χ0n) is 14.7. The number of nitrogens with one attached hydrogen (secondary N) is 2. The van der Waals surface area contributed by atoms with Crippen LogP contribution in [0.1, 0.15) is 51.3 Å². The number of benzene rings is 1. The topological polar surface area (TPSA) is 97.4 Å². The highest BCUT2D eigenvalue weighted by Gasteiger charge is 2.12. The summed E-state index contributed by atoms with van der Waals surface area (Å²) in [5.74, 6) is -1.08. The van der Waals surface area contributed by atoms with Crippen molar-refractivity contribution in [3.63, 3.8) is 0 Å². The van der Waals surface area contributed by atoms with Gasteiger partial charge in [-0.05, 0) is 43.7 Å². The first kappa shape index (κ1) is 19.1. The second kappa shape index (κ2) is 9.31. The molecule has 0 aliphatic carbocycles. The highest BCUT2D eigenvalue weighted by atomic mass is 16.5. The molecule has 2 aromatic rings. The number of anilines is 1. The number of rotatable bonds is 7. The van der Waals surface area contributed by atoms with E-state index in [1.165, 1.54) is 18.5 Å². The average molecular weight is 355 g/mol. The van der Waals surface area contributed by atoms with Crippen LogP contribution in [0.15, 0.2) is 42.7 Å². The van der Waals surface area contributed by atoms with Crippen molar-refractivity contribution in [2.75, 3.05) is 18.5 Å². The predicted molar refractivity (Wildman–Crippen MR) is 97.2 cm³/mol. The zero-order valence-corrected chi connectivity index (χ0v) is 14.7. The zero-order chi connectivity index (χ0) is 18.9. The molecule has 2 rings (SSSR count). The van der Waals surface area contributed by atoms with E-state index in [2.05, 4.69) is 15.6 Å². The van der Waals surface area contributed by atoms with Gasteiger partial charge in [-0.15, -0.1) is 0 Å². The number of amides is 2. The van der Waals surface area contributed by atoms with Gasteiger partial charge in [-0.1, -0.05) is 6.92 Å². The lowest BCUT2D eigenvalue weighted by molar-refractivity contribution is 0.0526. The molecule has 0 unspecified atom stereocenters. The normalized spacial score (nSPS) is 10.1. The highest BCUT2D eigenvalue weighted by Crippen LogP contribution is 2.13. The standard InChI is InChI=1S/C19H21N3O4/c1-3-9-21-17(23)14-10-15(12-20-11-14)18(24)22-16-7-5-13(6-8-16)19(25)26-4-2/h5-8,10-12H,3-4,9H2,1-2H3,(H,21,23)(H,22,24). The molecular weight excluding hydrogens is 334 g/mol. The largest absolute Gasteiger partial charge is 0.462 e. The summed E-state index contributed by atoms with van der Waals surface area (Å²) in [7, 11) is 0. The van der Waals surface area contributed by atoms with E-state index in [9.17, 15) is 14.4 Å². The Labute approximate surface area is 151 Å². The number of carbonyl (C=O) groups is 3. The van der Waals surface area contributed by atoms with Crippen LogP contribution in [0.2, 0.25) is 0 Å². The Kier molecular flexibility index (Phi) is 6.84. The molecule has 0 saturated carbocycles. The van der Waals surface area contributed by atoms with Crippen molar-refractivity contribution in [3.05, 3.63) is 59.4 Å². The Hall–Kier alpha value is -3.22. The second-order valence-corrected chi connectivity index (χ2v) is 5.47. The molecule has 0 aliphatic heterocycles. The highest BCUT2D eigenvalue weighted by molar-refractivity contribution is 6.06. The van der Waals surface area contributed by atoms with Crippen LogP contribution < -0.4 is 10.6 Å². The van der Waals surface area contributed by atoms with E-state index in [4.69, 9.17) is 4.74 Å². The van der Waals surface area contributed by atoms with Crippen molar-refractivity contribution < 1.29 is 19.1 Å². The van der Waals surface area contributed by atoms with Gasteiger partial charge in [0.1, 0.15) is 0 Å². The number of carbonyl (C=O) groups excluding carboxylic acids is 3. The van der Waals surface area contributed by atoms with Gasteiger partial charge in [-0.25, -0.2) is 4.79 Å². The van der Waals surface area contributed by atoms with Crippen molar-refractivity contribution in [1.29, 1.82) is 0 Å². The lowest BCUT2D eigenvalue weighted by atomic mass is 10.1. The van der Waals surface area contributed by atoms with Crippen molar-refractivity contribution in [2.45, 2.75) is 20.3 Å². The molecule has 0 spiro atoms. The second-order valence-electron chi connectivity index (χ2n) is 5.47. The van der Waals surface area contributed by atoms with Gasteiger partial charge in [0.15, 0.2) is 0 Å². The minimum atomic E-state index is -0.416. The molecule has 0 saturated heterocycles. The maximum Gasteiger partial charge on any atom is 0.338 e. The Morgan fingerprint density at radius 3 is 2.23 bits per heavy atom. The molecule has 1 heterocycles. The van der Waals surface area contributed by atoms with Gasteiger partial charge < -0.3 is 15.4 Å². The number of ether oxygens (including phenoxy) is 1. The van der Waals surface area contributed by atoms with Crippen LogP contribution in [-0.4, -0.2) is 35.9 Å². The van der Waals surface area contributed by atoms with Crippen LogP contribution >= 0.6 is 0 Å². The Balaban J connectivity index is 2.05. The molecule has 0 radical (unpaired) electrons. The van der Waals surface area contributed by atoms with E-state index < -0.39 is 11.9 Å². The third-order valence-corrected chi connectivity index (χ3v) is 3.45. The van der Waals surface area contributed by atoms with E-state index in [-0.39, 0.29) is 11.5 Å². The molecule has 0 aliphatic rings. The molecule has 0 fully saturated rings. The number of hydrogen-bond donors (Lipinski definition) is 2. The van der Waals surface area contributed by atoms with Gasteiger partial charge in [0, 0.05) is 24.6 Å². The molecular formula is C19H21N3O4. The van der Waals surface area contributed by atoms with Gasteiger partial charge in [-0.3, -0.25) is 14.6 Å². The average Bonchev–Trinajstić information content (AvgIpc) is 2.67. The lowest BCUT2D eigenvalue weighted by Gasteiger charge is -2.08. The minimum absolute atomic E-state index is 0.267. The van der Waals surface area contributed by atoms with Gasteiger partial charge in [0.2, 0.25) is 0 Å². The van der Waals surface area contributed by atoms with E-state index in [0.717, 1.165) is 6.42 Å². The molecule has 1 aromatic carbocycles. The lowest BCUT2D eigenvalue weighted by Crippen LogP contribution is -2.24. The fourth-order valence-electron chi connectivity index (χ4n) is 2.14. The van der Waals surface area contributed by atoms with Crippen LogP contribution in [0, 0.1) is 0 Å². The number of esters is 1. The third-order valence-electron chi connectivity index (χ3n) is 3.45. The number of pyridine rings is 1. The van der Waals surface area contributed by atoms with Gasteiger partial charge in [0.25, 0.3) is 11.8 Å². The quantitative estimate of drug-likeness (QED) is 0.744. The summed E-state index contributed by atoms with van der Waals surface area (Å²) in [5.41, 5.74) is 1.51. The molecule has 0 atom stereocenters. The summed E-state index contributed by atoms with van der Waals surface area (Å²) < 4.78 is 4.91. The summed E-state index contributed by atoms with van der Waals surface area (Å²) in [6.45, 7) is 4.54. The van der Waals surface area contributed by atoms with Crippen LogP contribution in [0.25, 0.3) is 0 Å². The van der Waals surface area contributed by atoms with Gasteiger partial charge in [-0.2, -0.15) is 0 Å². The molecule has 7 nitrogen and oxygen atoms in total. The number of nitrogens with zero attached hydrogens (tertiary/aromatic N) is 1. The Morgan fingerprint density at radius 2 is 1.62 bits per heavy atom. The predicted octanol–water partition coefficient (Wildman–Crippen LogP) is 2.65. The SMILES string of the molecule is CCCNC(=O)c1cncc(C(=O)Nc2ccc(C(=O)OCC)cc2)c1. The van der Waals surface area contributed by atoms with Crippen molar-refractivity contribution in [1.82, 2.24) is 10.3 Å². The van der Waals surface area contributed by atoms with E-state index in [1.807, 2.05) is 6.92 Å². The molecule has 136 valence electrons. The molecule has 0 bridgehead atoms. The minimum Gasteiger partial charge on any atom is -0.462 e. The molecule has 7 heteroatoms. The third kappa shape index (κ3) is 5.14. The molecule has 2 N–H and O–H groups in total. The first-order valence-corrected chi connectivity index (χ1v) is 8.37. The van der Waals surface area contributed by atoms with Crippen molar-refractivity contribution >= 4 is 23.5 Å². The Bertz CT molecular complexity index is 788. The Morgan fingerprint density at radius 1 is 0.962 bits per heavy atom. The summed E-state index contributed by atoms with van der Waals surface area (Å²) in [6, 6.07) is 7.84. The van der Waals surface area contributed by atoms with Crippen LogP contribution in [-0.2, 0) is 4.74 Å². The summed E-state index contributed by atoms with van der Waals surface area (Å²) in [6.07, 6.45) is 3.62. The monoisotopic (exact) mass is 355 g/mol. The molecule has 1 aromatic heterocycles. The maximum absolute atomic E-state index is 12.3.